The minimum absolute atomic E-state index is 0.155. The largest absolute Gasteiger partial charge is 0.465 e. The number of hydrogen-bond donors (Lipinski definition) is 4. The minimum Gasteiger partial charge on any atom is -0.465 e. The second kappa shape index (κ2) is 13.5. The van der Waals surface area contributed by atoms with E-state index >= 15 is 0 Å². The van der Waals surface area contributed by atoms with Crippen LogP contribution in [-0.4, -0.2) is 59.2 Å². The molecule has 43 heavy (non-hydrogen) atoms. The summed E-state index contributed by atoms with van der Waals surface area (Å²) in [6, 6.07) is 19.7. The highest BCUT2D eigenvalue weighted by Gasteiger charge is 2.23. The van der Waals surface area contributed by atoms with E-state index in [9.17, 15) is 19.5 Å². The van der Waals surface area contributed by atoms with Crippen molar-refractivity contribution in [1.82, 2.24) is 9.97 Å². The van der Waals surface area contributed by atoms with E-state index in [1.54, 1.807) is 49.8 Å². The van der Waals surface area contributed by atoms with Gasteiger partial charge in [-0.15, -0.1) is 0 Å². The number of carboxylic acid groups (broad SMARTS) is 1. The van der Waals surface area contributed by atoms with Gasteiger partial charge in [0.25, 0.3) is 0 Å². The number of carbonyl (C=O) groups excluding carboxylic acids is 2. The minimum atomic E-state index is -1.28. The summed E-state index contributed by atoms with van der Waals surface area (Å²) in [7, 11) is 1.70. The summed E-state index contributed by atoms with van der Waals surface area (Å²) in [5.41, 5.74) is 3.63. The highest BCUT2D eigenvalue weighted by atomic mass is 16.5. The quantitative estimate of drug-likeness (QED) is 0.125. The second-order valence-corrected chi connectivity index (χ2v) is 10.0. The van der Waals surface area contributed by atoms with Gasteiger partial charge in [0, 0.05) is 49.3 Å². The van der Waals surface area contributed by atoms with E-state index in [1.807, 2.05) is 36.4 Å². The van der Waals surface area contributed by atoms with Crippen LogP contribution in [0.25, 0.3) is 11.4 Å². The number of anilines is 3. The number of benzene rings is 3. The Labute approximate surface area is 249 Å². The molecule has 0 radical (unpaired) electrons. The summed E-state index contributed by atoms with van der Waals surface area (Å²) >= 11 is 0. The van der Waals surface area contributed by atoms with Gasteiger partial charge in [-0.1, -0.05) is 48.2 Å². The monoisotopic (exact) mass is 577 g/mol. The van der Waals surface area contributed by atoms with Crippen LogP contribution in [0.4, 0.5) is 21.9 Å². The van der Waals surface area contributed by atoms with Crippen LogP contribution in [-0.2, 0) is 9.53 Å². The number of aromatic nitrogens is 2. The summed E-state index contributed by atoms with van der Waals surface area (Å²) in [5.74, 6) is 6.00. The highest BCUT2D eigenvalue weighted by Crippen LogP contribution is 2.34. The van der Waals surface area contributed by atoms with Gasteiger partial charge in [0.05, 0.1) is 35.2 Å². The number of carbonyl (C=O) groups is 3. The first-order valence-corrected chi connectivity index (χ1v) is 13.9. The predicted octanol–water partition coefficient (Wildman–Crippen LogP) is 5.39. The number of nitrogens with one attached hydrogen (secondary N) is 3. The molecular weight excluding hydrogens is 546 g/mol. The maximum Gasteiger partial charge on any atom is 0.409 e. The summed E-state index contributed by atoms with van der Waals surface area (Å²) in [5, 5.41) is 14.7. The number of ether oxygens (including phenoxy) is 1. The van der Waals surface area contributed by atoms with E-state index in [2.05, 4.69) is 37.3 Å². The predicted molar refractivity (Wildman–Crippen MR) is 164 cm³/mol. The zero-order valence-electron chi connectivity index (χ0n) is 23.6. The van der Waals surface area contributed by atoms with Gasteiger partial charge < -0.3 is 25.0 Å². The van der Waals surface area contributed by atoms with Crippen molar-refractivity contribution < 1.29 is 24.2 Å². The van der Waals surface area contributed by atoms with E-state index in [1.165, 1.54) is 0 Å². The third-order valence-electron chi connectivity index (χ3n) is 7.16. The van der Waals surface area contributed by atoms with Crippen LogP contribution in [0.1, 0.15) is 40.7 Å². The van der Waals surface area contributed by atoms with Crippen LogP contribution in [0.2, 0.25) is 0 Å². The Morgan fingerprint density at radius 1 is 1.00 bits per heavy atom. The zero-order chi connectivity index (χ0) is 30.2. The second-order valence-electron chi connectivity index (χ2n) is 10.0. The molecule has 10 nitrogen and oxygen atoms in total. The SMILES string of the molecule is COC1CCN(c2cc(NC(=O)O)c(NC(=O)CC(=O)c3cccc(-c4ncc[nH]4)c3)cc2C#Cc2ccccc2)CC1. The molecule has 4 aromatic rings. The van der Waals surface area contributed by atoms with Gasteiger partial charge in [-0.25, -0.2) is 9.78 Å². The number of piperidine rings is 1. The Bertz CT molecular complexity index is 1670. The molecule has 0 atom stereocenters. The molecule has 5 rings (SSSR count). The maximum absolute atomic E-state index is 13.1. The Balaban J connectivity index is 1.43. The Hall–Kier alpha value is -5.40. The molecule has 0 spiro atoms. The summed E-state index contributed by atoms with van der Waals surface area (Å²) in [6.07, 6.45) is 3.36. The van der Waals surface area contributed by atoms with Crippen LogP contribution in [0.15, 0.2) is 79.1 Å². The number of imidazole rings is 1. The average molecular weight is 578 g/mol. The van der Waals surface area contributed by atoms with Crippen LogP contribution in [0.3, 0.4) is 0 Å². The van der Waals surface area contributed by atoms with Gasteiger partial charge in [-0.3, -0.25) is 14.9 Å². The molecule has 1 aliphatic heterocycles. The topological polar surface area (TPSA) is 137 Å². The number of amides is 2. The molecule has 0 unspecified atom stereocenters. The van der Waals surface area contributed by atoms with Crippen LogP contribution < -0.4 is 15.5 Å². The van der Waals surface area contributed by atoms with E-state index < -0.39 is 18.4 Å². The molecule has 0 bridgehead atoms. The highest BCUT2D eigenvalue weighted by molar-refractivity contribution is 6.12. The van der Waals surface area contributed by atoms with E-state index in [4.69, 9.17) is 4.74 Å². The van der Waals surface area contributed by atoms with Crippen molar-refractivity contribution in [2.24, 2.45) is 0 Å². The molecule has 2 heterocycles. The first-order chi connectivity index (χ1) is 20.9. The van der Waals surface area contributed by atoms with Gasteiger partial charge in [0.2, 0.25) is 5.91 Å². The molecule has 218 valence electrons. The number of ketones is 1. The fraction of sp³-hybridized carbons (Fsp3) is 0.212. The normalized spacial score (nSPS) is 13.1. The van der Waals surface area contributed by atoms with Crippen molar-refractivity contribution in [3.8, 4) is 23.2 Å². The number of hydrogen-bond acceptors (Lipinski definition) is 6. The molecule has 1 aromatic heterocycles. The summed E-state index contributed by atoms with van der Waals surface area (Å²) < 4.78 is 5.51. The fourth-order valence-corrected chi connectivity index (χ4v) is 4.97. The van der Waals surface area contributed by atoms with E-state index in [0.717, 1.165) is 29.7 Å². The lowest BCUT2D eigenvalue weighted by Crippen LogP contribution is -2.37. The molecule has 3 aromatic carbocycles. The van der Waals surface area contributed by atoms with Crippen LogP contribution >= 0.6 is 0 Å². The average Bonchev–Trinajstić information content (AvgIpc) is 3.57. The molecule has 2 amide bonds. The standard InChI is InChI=1S/C33H31N5O5/c1-43-26-12-16-38(17-13-26)29-20-28(37-33(41)42)27(19-23(29)11-10-22-6-3-2-4-7-22)36-31(40)21-30(39)24-8-5-9-25(18-24)32-34-14-15-35-32/h2-9,14-15,18-20,26,37H,12-13,16-17,21H2,1H3,(H,34,35)(H,36,40)(H,41,42). The molecule has 1 fully saturated rings. The van der Waals surface area contributed by atoms with E-state index in [0.29, 0.717) is 30.0 Å². The van der Waals surface area contributed by atoms with Gasteiger partial charge in [-0.2, -0.15) is 0 Å². The van der Waals surface area contributed by atoms with Gasteiger partial charge in [0.15, 0.2) is 5.78 Å². The molecule has 1 aliphatic rings. The smallest absolute Gasteiger partial charge is 0.409 e. The number of methoxy groups -OCH3 is 1. The lowest BCUT2D eigenvalue weighted by atomic mass is 10.0. The van der Waals surface area contributed by atoms with Crippen molar-refractivity contribution in [3.63, 3.8) is 0 Å². The number of nitrogens with zero attached hydrogens (tertiary/aromatic N) is 2. The lowest BCUT2D eigenvalue weighted by Gasteiger charge is -2.34. The molecular formula is C33H31N5O5. The number of rotatable bonds is 8. The molecule has 0 saturated carbocycles. The molecule has 10 heteroatoms. The Morgan fingerprint density at radius 2 is 1.77 bits per heavy atom. The number of Topliss-reactive ketones (excluding diaryl/α,β-unsaturated/α-hetero) is 1. The van der Waals surface area contributed by atoms with Crippen molar-refractivity contribution in [1.29, 1.82) is 0 Å². The van der Waals surface area contributed by atoms with Crippen molar-refractivity contribution in [2.75, 3.05) is 35.7 Å². The van der Waals surface area contributed by atoms with Gasteiger partial charge in [-0.05, 0) is 43.2 Å². The number of aromatic amines is 1. The Kier molecular flexibility index (Phi) is 9.14. The first kappa shape index (κ1) is 29.1. The lowest BCUT2D eigenvalue weighted by molar-refractivity contribution is -0.115. The molecule has 1 saturated heterocycles. The third-order valence-corrected chi connectivity index (χ3v) is 7.16. The maximum atomic E-state index is 13.1. The van der Waals surface area contributed by atoms with Crippen molar-refractivity contribution in [2.45, 2.75) is 25.4 Å². The number of H-pyrrole nitrogens is 1. The summed E-state index contributed by atoms with van der Waals surface area (Å²) in [4.78, 5) is 47.2. The van der Waals surface area contributed by atoms with Crippen LogP contribution in [0.5, 0.6) is 0 Å². The third kappa shape index (κ3) is 7.47. The van der Waals surface area contributed by atoms with Crippen molar-refractivity contribution in [3.05, 3.63) is 95.8 Å². The fourth-order valence-electron chi connectivity index (χ4n) is 4.97. The Morgan fingerprint density at radius 3 is 2.47 bits per heavy atom. The van der Waals surface area contributed by atoms with Gasteiger partial charge >= 0.3 is 6.09 Å². The first-order valence-electron chi connectivity index (χ1n) is 13.9. The van der Waals surface area contributed by atoms with Gasteiger partial charge in [0.1, 0.15) is 5.82 Å². The molecule has 4 N–H and O–H groups in total. The molecule has 0 aliphatic carbocycles. The van der Waals surface area contributed by atoms with E-state index in [-0.39, 0.29) is 23.3 Å². The zero-order valence-corrected chi connectivity index (χ0v) is 23.6. The van der Waals surface area contributed by atoms with Crippen LogP contribution in [0, 0.1) is 11.8 Å². The summed E-state index contributed by atoms with van der Waals surface area (Å²) in [6.45, 7) is 1.39. The van der Waals surface area contributed by atoms with Crippen molar-refractivity contribution >= 4 is 34.8 Å².